The van der Waals surface area contributed by atoms with E-state index in [0.29, 0.717) is 34.5 Å². The summed E-state index contributed by atoms with van der Waals surface area (Å²) in [6, 6.07) is 10.5. The molecule has 154 valence electrons. The van der Waals surface area contributed by atoms with E-state index < -0.39 is 12.0 Å². The minimum Gasteiger partial charge on any atom is -0.491 e. The monoisotopic (exact) mass is 399 g/mol. The van der Waals surface area contributed by atoms with Gasteiger partial charge < -0.3 is 25.6 Å². The summed E-state index contributed by atoms with van der Waals surface area (Å²) in [6.45, 7) is 1.60. The van der Waals surface area contributed by atoms with E-state index in [0.717, 1.165) is 0 Å². The van der Waals surface area contributed by atoms with Crippen LogP contribution in [0, 0.1) is 5.41 Å². The highest BCUT2D eigenvalue weighted by Gasteiger charge is 2.26. The van der Waals surface area contributed by atoms with Gasteiger partial charge in [0.05, 0.1) is 13.7 Å². The highest BCUT2D eigenvalue weighted by molar-refractivity contribution is 5.97. The van der Waals surface area contributed by atoms with Crippen molar-refractivity contribution in [3.8, 4) is 5.75 Å². The molecule has 0 saturated heterocycles. The molecule has 2 rings (SSSR count). The molecule has 2 aromatic carbocycles. The largest absolute Gasteiger partial charge is 0.491 e. The van der Waals surface area contributed by atoms with Crippen LogP contribution in [0.1, 0.15) is 40.9 Å². The van der Waals surface area contributed by atoms with Crippen molar-refractivity contribution in [3.63, 3.8) is 0 Å². The SMILES string of the molecule is CCC(=O)c1ccc(OCCO)c(C(Nc2ccc(C(=N)N)cc2)C(=O)OC)c1. The van der Waals surface area contributed by atoms with Gasteiger partial charge in [-0.3, -0.25) is 10.2 Å². The molecule has 0 spiro atoms. The third-order valence-electron chi connectivity index (χ3n) is 4.26. The number of methoxy groups -OCH3 is 1. The number of hydrogen-bond donors (Lipinski definition) is 4. The summed E-state index contributed by atoms with van der Waals surface area (Å²) < 4.78 is 10.5. The van der Waals surface area contributed by atoms with Crippen LogP contribution in [0.5, 0.6) is 5.75 Å². The molecule has 0 aliphatic heterocycles. The number of carbonyl (C=O) groups excluding carboxylic acids is 2. The Morgan fingerprint density at radius 1 is 1.17 bits per heavy atom. The van der Waals surface area contributed by atoms with Crippen LogP contribution < -0.4 is 15.8 Å². The van der Waals surface area contributed by atoms with Gasteiger partial charge in [0.25, 0.3) is 0 Å². The first-order valence-corrected chi connectivity index (χ1v) is 9.10. The summed E-state index contributed by atoms with van der Waals surface area (Å²) in [7, 11) is 1.27. The van der Waals surface area contributed by atoms with Gasteiger partial charge >= 0.3 is 5.97 Å². The van der Waals surface area contributed by atoms with Crippen LogP contribution >= 0.6 is 0 Å². The molecule has 0 saturated carbocycles. The average Bonchev–Trinajstić information content (AvgIpc) is 2.75. The third kappa shape index (κ3) is 5.55. The normalized spacial score (nSPS) is 11.4. The molecule has 0 aliphatic rings. The molecule has 2 aromatic rings. The van der Waals surface area contributed by atoms with Crippen LogP contribution in [0.4, 0.5) is 5.69 Å². The Kier molecular flexibility index (Phi) is 7.73. The van der Waals surface area contributed by atoms with Crippen LogP contribution in [0.15, 0.2) is 42.5 Å². The summed E-state index contributed by atoms with van der Waals surface area (Å²) in [5.74, 6) is -0.355. The fourth-order valence-corrected chi connectivity index (χ4v) is 2.73. The van der Waals surface area contributed by atoms with Crippen molar-refractivity contribution < 1.29 is 24.2 Å². The van der Waals surface area contributed by atoms with E-state index in [4.69, 9.17) is 25.7 Å². The van der Waals surface area contributed by atoms with Crippen LogP contribution in [0.25, 0.3) is 0 Å². The number of rotatable bonds is 10. The van der Waals surface area contributed by atoms with Gasteiger partial charge in [-0.2, -0.15) is 0 Å². The minimum absolute atomic E-state index is 0.0370. The zero-order valence-electron chi connectivity index (χ0n) is 16.4. The summed E-state index contributed by atoms with van der Waals surface area (Å²) in [5.41, 5.74) is 7.47. The van der Waals surface area contributed by atoms with Crippen molar-refractivity contribution in [2.75, 3.05) is 25.6 Å². The van der Waals surface area contributed by atoms with Crippen molar-refractivity contribution >= 4 is 23.3 Å². The van der Waals surface area contributed by atoms with Crippen molar-refractivity contribution in [3.05, 3.63) is 59.2 Å². The molecule has 0 heterocycles. The van der Waals surface area contributed by atoms with Crippen LogP contribution in [0.2, 0.25) is 0 Å². The van der Waals surface area contributed by atoms with E-state index in [1.54, 1.807) is 49.4 Å². The Morgan fingerprint density at radius 2 is 1.83 bits per heavy atom. The maximum Gasteiger partial charge on any atom is 0.333 e. The Labute approximate surface area is 169 Å². The number of nitrogen functional groups attached to an aromatic ring is 1. The molecular formula is C21H25N3O5. The molecule has 8 nitrogen and oxygen atoms in total. The van der Waals surface area contributed by atoms with Gasteiger partial charge in [-0.1, -0.05) is 6.92 Å². The maximum atomic E-state index is 12.5. The van der Waals surface area contributed by atoms with Gasteiger partial charge in [0, 0.05) is 28.8 Å². The number of aliphatic hydroxyl groups is 1. The maximum absolute atomic E-state index is 12.5. The first-order chi connectivity index (χ1) is 13.9. The number of ether oxygens (including phenoxy) is 2. The van der Waals surface area contributed by atoms with Crippen LogP contribution in [-0.2, 0) is 9.53 Å². The van der Waals surface area contributed by atoms with Gasteiger partial charge in [0.15, 0.2) is 11.8 Å². The van der Waals surface area contributed by atoms with Crippen molar-refractivity contribution in [2.45, 2.75) is 19.4 Å². The Morgan fingerprint density at radius 3 is 2.38 bits per heavy atom. The Hall–Kier alpha value is -3.39. The van der Waals surface area contributed by atoms with Crippen molar-refractivity contribution in [1.29, 1.82) is 5.41 Å². The topological polar surface area (TPSA) is 135 Å². The Balaban J connectivity index is 2.47. The lowest BCUT2D eigenvalue weighted by molar-refractivity contribution is -0.141. The first-order valence-electron chi connectivity index (χ1n) is 9.10. The average molecular weight is 399 g/mol. The third-order valence-corrected chi connectivity index (χ3v) is 4.26. The first kappa shape index (κ1) is 21.9. The summed E-state index contributed by atoms with van der Waals surface area (Å²) in [6.07, 6.45) is 0.319. The molecule has 0 bridgehead atoms. The van der Waals surface area contributed by atoms with E-state index in [2.05, 4.69) is 5.32 Å². The molecule has 8 heteroatoms. The van der Waals surface area contributed by atoms with Gasteiger partial charge in [0.1, 0.15) is 18.2 Å². The van der Waals surface area contributed by atoms with Crippen molar-refractivity contribution in [2.24, 2.45) is 5.73 Å². The fourth-order valence-electron chi connectivity index (χ4n) is 2.73. The smallest absolute Gasteiger partial charge is 0.333 e. The number of anilines is 1. The zero-order valence-corrected chi connectivity index (χ0v) is 16.4. The molecule has 1 unspecified atom stereocenters. The summed E-state index contributed by atoms with van der Waals surface area (Å²) in [5, 5.41) is 19.6. The van der Waals surface area contributed by atoms with E-state index in [-0.39, 0.29) is 24.8 Å². The number of carbonyl (C=O) groups is 2. The lowest BCUT2D eigenvalue weighted by atomic mass is 9.99. The lowest BCUT2D eigenvalue weighted by Gasteiger charge is -2.22. The minimum atomic E-state index is -0.957. The van der Waals surface area contributed by atoms with E-state index in [1.165, 1.54) is 7.11 Å². The van der Waals surface area contributed by atoms with E-state index in [1.807, 2.05) is 0 Å². The van der Waals surface area contributed by atoms with Crippen LogP contribution in [-0.4, -0.2) is 43.0 Å². The predicted octanol–water partition coefficient (Wildman–Crippen LogP) is 2.26. The number of esters is 1. The second kappa shape index (κ2) is 10.2. The number of nitrogens with one attached hydrogen (secondary N) is 2. The second-order valence-electron chi connectivity index (χ2n) is 6.19. The van der Waals surface area contributed by atoms with Crippen LogP contribution in [0.3, 0.4) is 0 Å². The molecule has 29 heavy (non-hydrogen) atoms. The fraction of sp³-hybridized carbons (Fsp3) is 0.286. The zero-order chi connectivity index (χ0) is 21.4. The van der Waals surface area contributed by atoms with E-state index in [9.17, 15) is 9.59 Å². The molecule has 5 N–H and O–H groups in total. The molecule has 0 aromatic heterocycles. The molecule has 0 radical (unpaired) electrons. The highest BCUT2D eigenvalue weighted by atomic mass is 16.5. The van der Waals surface area contributed by atoms with Gasteiger partial charge in [-0.05, 0) is 42.5 Å². The van der Waals surface area contributed by atoms with E-state index >= 15 is 0 Å². The molecule has 1 atom stereocenters. The molecule has 0 fully saturated rings. The number of nitrogens with two attached hydrogens (primary N) is 1. The number of amidine groups is 1. The van der Waals surface area contributed by atoms with Crippen molar-refractivity contribution in [1.82, 2.24) is 0 Å². The molecule has 0 amide bonds. The quantitative estimate of drug-likeness (QED) is 0.208. The number of benzene rings is 2. The standard InChI is InChI=1S/C21H25N3O5/c1-3-17(26)14-6-9-18(29-11-10-25)16(12-14)19(21(27)28-2)24-15-7-4-13(5-8-15)20(22)23/h4-9,12,19,24-25H,3,10-11H2,1-2H3,(H3,22,23). The second-order valence-corrected chi connectivity index (χ2v) is 6.19. The number of hydrogen-bond acceptors (Lipinski definition) is 7. The number of aliphatic hydroxyl groups excluding tert-OH is 1. The highest BCUT2D eigenvalue weighted by Crippen LogP contribution is 2.31. The molecular weight excluding hydrogens is 374 g/mol. The summed E-state index contributed by atoms with van der Waals surface area (Å²) >= 11 is 0. The molecule has 0 aliphatic carbocycles. The predicted molar refractivity (Wildman–Crippen MR) is 109 cm³/mol. The number of ketones is 1. The van der Waals surface area contributed by atoms with Gasteiger partial charge in [0.2, 0.25) is 0 Å². The summed E-state index contributed by atoms with van der Waals surface area (Å²) in [4.78, 5) is 24.7. The van der Waals surface area contributed by atoms with Gasteiger partial charge in [-0.15, -0.1) is 0 Å². The number of Topliss-reactive ketones (excluding diaryl/α,β-unsaturated/α-hetero) is 1. The van der Waals surface area contributed by atoms with Gasteiger partial charge in [-0.25, -0.2) is 4.79 Å². The Bertz CT molecular complexity index is 880. The lowest BCUT2D eigenvalue weighted by Crippen LogP contribution is -2.24.